The molecule has 0 saturated heterocycles. The molecule has 0 aliphatic rings. The van der Waals surface area contributed by atoms with Gasteiger partial charge in [-0.3, -0.25) is 0 Å². The highest BCUT2D eigenvalue weighted by Gasteiger charge is 1.84. The van der Waals surface area contributed by atoms with Crippen LogP contribution in [0.2, 0.25) is 0 Å². The Bertz CT molecular complexity index is 25.0. The Hall–Kier alpha value is 0. The van der Waals surface area contributed by atoms with Crippen molar-refractivity contribution in [3.8, 4) is 0 Å². The van der Waals surface area contributed by atoms with E-state index in [0.29, 0.717) is 0 Å². The fourth-order valence-electron chi connectivity index (χ4n) is 0.677. The number of rotatable bonds is 5. The summed E-state index contributed by atoms with van der Waals surface area (Å²) in [5.41, 5.74) is 0. The molecule has 0 aliphatic carbocycles. The minimum Gasteiger partial charge on any atom is -0.0654 e. The standard InChI is InChI=1S/C8H16/c1-3-5-7-8-6-4-2/h3-5,7-8H2,1-2H3. The van der Waals surface area contributed by atoms with Crippen molar-refractivity contribution in [2.75, 3.05) is 0 Å². The fourth-order valence-corrected chi connectivity index (χ4v) is 0.677. The van der Waals surface area contributed by atoms with Gasteiger partial charge >= 0.3 is 0 Å². The highest BCUT2D eigenvalue weighted by Crippen LogP contribution is 2.02. The lowest BCUT2D eigenvalue weighted by Crippen LogP contribution is -1.75. The second-order valence-corrected chi connectivity index (χ2v) is 2.06. The van der Waals surface area contributed by atoms with Gasteiger partial charge in [0.15, 0.2) is 0 Å². The SMILES string of the molecule is CC[C]CCCCC. The maximum atomic E-state index is 3.28. The highest BCUT2D eigenvalue weighted by atomic mass is 13.9. The zero-order valence-corrected chi connectivity index (χ0v) is 6.04. The minimum absolute atomic E-state index is 1.11. The van der Waals surface area contributed by atoms with Crippen LogP contribution in [0.1, 0.15) is 46.0 Å². The Morgan fingerprint density at radius 2 is 1.88 bits per heavy atom. The highest BCUT2D eigenvalue weighted by molar-refractivity contribution is 4.59. The van der Waals surface area contributed by atoms with Crippen LogP contribution in [0.4, 0.5) is 0 Å². The summed E-state index contributed by atoms with van der Waals surface area (Å²) in [4.78, 5) is 0. The van der Waals surface area contributed by atoms with Crippen LogP contribution in [-0.2, 0) is 0 Å². The largest absolute Gasteiger partial charge is 0.0654 e. The summed E-state index contributed by atoms with van der Waals surface area (Å²) >= 11 is 0. The average molecular weight is 112 g/mol. The van der Waals surface area contributed by atoms with Gasteiger partial charge < -0.3 is 0 Å². The first-order valence-electron chi connectivity index (χ1n) is 3.62. The van der Waals surface area contributed by atoms with Gasteiger partial charge in [0.1, 0.15) is 0 Å². The molecule has 0 rings (SSSR count). The smallest absolute Gasteiger partial charge is 0.0176 e. The first kappa shape index (κ1) is 8.00. The first-order valence-corrected chi connectivity index (χ1v) is 3.62. The van der Waals surface area contributed by atoms with Crippen molar-refractivity contribution < 1.29 is 0 Å². The van der Waals surface area contributed by atoms with E-state index in [1.54, 1.807) is 0 Å². The van der Waals surface area contributed by atoms with Crippen LogP contribution >= 0.6 is 0 Å². The third-order valence-corrected chi connectivity index (χ3v) is 1.21. The summed E-state index contributed by atoms with van der Waals surface area (Å²) in [6.45, 7) is 4.37. The van der Waals surface area contributed by atoms with Crippen molar-refractivity contribution in [2.45, 2.75) is 46.0 Å². The van der Waals surface area contributed by atoms with Gasteiger partial charge in [0.25, 0.3) is 0 Å². The van der Waals surface area contributed by atoms with Crippen LogP contribution < -0.4 is 0 Å². The first-order chi connectivity index (χ1) is 3.91. The predicted octanol–water partition coefficient (Wildman–Crippen LogP) is 3.06. The van der Waals surface area contributed by atoms with E-state index in [-0.39, 0.29) is 0 Å². The number of unbranched alkanes of at least 4 members (excludes halogenated alkanes) is 5. The maximum Gasteiger partial charge on any atom is -0.0176 e. The van der Waals surface area contributed by atoms with Crippen molar-refractivity contribution in [2.24, 2.45) is 0 Å². The summed E-state index contributed by atoms with van der Waals surface area (Å²) in [7, 11) is 0. The van der Waals surface area contributed by atoms with E-state index < -0.39 is 0 Å². The van der Waals surface area contributed by atoms with E-state index in [9.17, 15) is 0 Å². The van der Waals surface area contributed by atoms with Crippen LogP contribution in [0.5, 0.6) is 0 Å². The molecule has 0 aromatic heterocycles. The molecule has 0 atom stereocenters. The Labute approximate surface area is 53.3 Å². The van der Waals surface area contributed by atoms with Crippen LogP contribution in [-0.4, -0.2) is 0 Å². The van der Waals surface area contributed by atoms with Crippen LogP contribution in [0.3, 0.4) is 0 Å². The van der Waals surface area contributed by atoms with Gasteiger partial charge in [-0.15, -0.1) is 0 Å². The molecular formula is C8H16. The van der Waals surface area contributed by atoms with E-state index in [2.05, 4.69) is 20.3 Å². The summed E-state index contributed by atoms with van der Waals surface area (Å²) in [5, 5.41) is 0. The molecule has 0 heterocycles. The van der Waals surface area contributed by atoms with Crippen LogP contribution in [0, 0.1) is 6.42 Å². The third kappa shape index (κ3) is 6.00. The molecule has 0 nitrogen and oxygen atoms in total. The molecule has 0 saturated carbocycles. The van der Waals surface area contributed by atoms with E-state index in [1.165, 1.54) is 25.7 Å². The van der Waals surface area contributed by atoms with E-state index in [0.717, 1.165) is 6.42 Å². The van der Waals surface area contributed by atoms with Gasteiger partial charge in [-0.2, -0.15) is 0 Å². The lowest BCUT2D eigenvalue weighted by atomic mass is 10.1. The third-order valence-electron chi connectivity index (χ3n) is 1.21. The van der Waals surface area contributed by atoms with E-state index in [1.807, 2.05) is 0 Å². The fraction of sp³-hybridized carbons (Fsp3) is 0.875. The van der Waals surface area contributed by atoms with Crippen molar-refractivity contribution in [3.63, 3.8) is 0 Å². The monoisotopic (exact) mass is 112 g/mol. The van der Waals surface area contributed by atoms with Gasteiger partial charge in [0, 0.05) is 0 Å². The topological polar surface area (TPSA) is 0 Å². The normalized spacial score (nSPS) is 9.75. The van der Waals surface area contributed by atoms with Gasteiger partial charge in [-0.1, -0.05) is 33.1 Å². The van der Waals surface area contributed by atoms with Crippen molar-refractivity contribution in [1.29, 1.82) is 0 Å². The molecule has 0 N–H and O–H groups in total. The molecule has 0 fully saturated rings. The van der Waals surface area contributed by atoms with E-state index >= 15 is 0 Å². The second kappa shape index (κ2) is 7.00. The molecule has 8 heavy (non-hydrogen) atoms. The average Bonchev–Trinajstić information content (AvgIpc) is 1.81. The number of hydrogen-bond acceptors (Lipinski definition) is 0. The molecule has 0 aromatic carbocycles. The van der Waals surface area contributed by atoms with Crippen molar-refractivity contribution in [1.82, 2.24) is 0 Å². The van der Waals surface area contributed by atoms with Gasteiger partial charge in [-0.05, 0) is 19.3 Å². The van der Waals surface area contributed by atoms with Gasteiger partial charge in [0.05, 0.1) is 0 Å². The zero-order valence-electron chi connectivity index (χ0n) is 6.04. The lowest BCUT2D eigenvalue weighted by Gasteiger charge is -1.93. The molecule has 0 amide bonds. The quantitative estimate of drug-likeness (QED) is 0.479. The Kier molecular flexibility index (Phi) is 7.00. The zero-order chi connectivity index (χ0) is 6.24. The Balaban J connectivity index is 2.53. The second-order valence-electron chi connectivity index (χ2n) is 2.06. The summed E-state index contributed by atoms with van der Waals surface area (Å²) in [6.07, 6.45) is 9.63. The molecule has 0 aromatic rings. The lowest BCUT2D eigenvalue weighted by molar-refractivity contribution is 0.699. The van der Waals surface area contributed by atoms with Crippen molar-refractivity contribution in [3.05, 3.63) is 6.42 Å². The Morgan fingerprint density at radius 1 is 1.12 bits per heavy atom. The van der Waals surface area contributed by atoms with E-state index in [4.69, 9.17) is 0 Å². The Morgan fingerprint density at radius 3 is 2.38 bits per heavy atom. The molecule has 0 bridgehead atoms. The minimum atomic E-state index is 1.11. The summed E-state index contributed by atoms with van der Waals surface area (Å²) < 4.78 is 0. The van der Waals surface area contributed by atoms with Crippen molar-refractivity contribution >= 4 is 0 Å². The maximum absolute atomic E-state index is 3.28. The summed E-state index contributed by atoms with van der Waals surface area (Å²) in [6, 6.07) is 0. The molecule has 0 spiro atoms. The predicted molar refractivity (Wildman–Crippen MR) is 37.7 cm³/mol. The molecule has 0 heteroatoms. The van der Waals surface area contributed by atoms with Crippen LogP contribution in [0.15, 0.2) is 0 Å². The molecule has 2 radical (unpaired) electrons. The number of hydrogen-bond donors (Lipinski definition) is 0. The van der Waals surface area contributed by atoms with Crippen LogP contribution in [0.25, 0.3) is 0 Å². The molecular weight excluding hydrogens is 96.1 g/mol. The molecule has 48 valence electrons. The van der Waals surface area contributed by atoms with Gasteiger partial charge in [-0.25, -0.2) is 0 Å². The summed E-state index contributed by atoms with van der Waals surface area (Å²) in [5.74, 6) is 0. The van der Waals surface area contributed by atoms with Gasteiger partial charge in [0.2, 0.25) is 0 Å². The molecule has 0 aliphatic heterocycles. The molecule has 0 unspecified atom stereocenters.